The Balaban J connectivity index is 3.93. The molecule has 1 unspecified atom stereocenters. The summed E-state index contributed by atoms with van der Waals surface area (Å²) >= 11 is 0. The molecule has 0 saturated heterocycles. The minimum atomic E-state index is -3.90. The van der Waals surface area contributed by atoms with Crippen LogP contribution in [-0.4, -0.2) is 76.0 Å². The van der Waals surface area contributed by atoms with E-state index in [4.69, 9.17) is 9.05 Å². The number of phosphoric acid groups is 1. The number of hydrogen-bond acceptors (Lipinski definition) is 3. The van der Waals surface area contributed by atoms with E-state index in [1.807, 2.05) is 42.3 Å². The molecule has 0 aliphatic rings. The summed E-state index contributed by atoms with van der Waals surface area (Å²) in [5.41, 5.74) is 0. The maximum absolute atomic E-state index is 11.4. The minimum Gasteiger partial charge on any atom is -0.329 e. The van der Waals surface area contributed by atoms with Crippen LogP contribution in [0, 0.1) is 0 Å². The lowest BCUT2D eigenvalue weighted by molar-refractivity contribution is -0.887. The van der Waals surface area contributed by atoms with Crippen LogP contribution in [0.25, 0.3) is 0 Å². The zero-order valence-electron chi connectivity index (χ0n) is 11.1. The van der Waals surface area contributed by atoms with Crippen LogP contribution in [0.1, 0.15) is 0 Å². The second-order valence-electron chi connectivity index (χ2n) is 5.86. The lowest BCUT2D eigenvalue weighted by atomic mass is 10.5. The predicted octanol–water partition coefficient (Wildman–Crippen LogP) is 0.490. The lowest BCUT2D eigenvalue weighted by Crippen LogP contribution is -2.38. The Hall–Kier alpha value is 0.0300. The molecule has 6 nitrogen and oxygen atoms in total. The fourth-order valence-corrected chi connectivity index (χ4v) is 1.59. The van der Waals surface area contributed by atoms with Crippen molar-refractivity contribution in [2.24, 2.45) is 0 Å². The van der Waals surface area contributed by atoms with E-state index in [2.05, 4.69) is 0 Å². The molecule has 0 radical (unpaired) electrons. The van der Waals surface area contributed by atoms with Crippen molar-refractivity contribution in [3.05, 3.63) is 0 Å². The topological polar surface area (TPSA) is 55.8 Å². The Labute approximate surface area is 98.2 Å². The van der Waals surface area contributed by atoms with E-state index in [9.17, 15) is 9.46 Å². The molecule has 0 fully saturated rings. The molecular formula is C9H25N2O4P+2. The highest BCUT2D eigenvalue weighted by molar-refractivity contribution is 7.47. The van der Waals surface area contributed by atoms with Crippen LogP contribution in [-0.2, 0) is 13.6 Å². The molecule has 0 spiro atoms. The second kappa shape index (κ2) is 5.58. The van der Waals surface area contributed by atoms with Crippen LogP contribution < -0.4 is 0 Å². The zero-order chi connectivity index (χ0) is 13.0. The first-order valence-corrected chi connectivity index (χ1v) is 6.64. The second-order valence-corrected chi connectivity index (χ2v) is 7.32. The van der Waals surface area contributed by atoms with Gasteiger partial charge in [0.2, 0.25) is 0 Å². The Morgan fingerprint density at radius 1 is 1.00 bits per heavy atom. The van der Waals surface area contributed by atoms with Gasteiger partial charge in [0.1, 0.15) is 13.2 Å². The normalized spacial score (nSPS) is 17.2. The highest BCUT2D eigenvalue weighted by Crippen LogP contribution is 2.43. The van der Waals surface area contributed by atoms with Gasteiger partial charge in [0, 0.05) is 0 Å². The van der Waals surface area contributed by atoms with E-state index in [0.717, 1.165) is 0 Å². The molecule has 0 bridgehead atoms. The van der Waals surface area contributed by atoms with Gasteiger partial charge in [-0.3, -0.25) is 4.52 Å². The molecule has 0 aliphatic carbocycles. The van der Waals surface area contributed by atoms with Gasteiger partial charge in [0.15, 0.2) is 6.73 Å². The molecule has 16 heavy (non-hydrogen) atoms. The summed E-state index contributed by atoms with van der Waals surface area (Å²) in [6, 6.07) is 0. The molecule has 0 aromatic carbocycles. The van der Waals surface area contributed by atoms with Gasteiger partial charge in [-0.05, 0) is 0 Å². The van der Waals surface area contributed by atoms with Crippen LogP contribution in [0.3, 0.4) is 0 Å². The quantitative estimate of drug-likeness (QED) is 0.409. The van der Waals surface area contributed by atoms with Gasteiger partial charge >= 0.3 is 7.82 Å². The van der Waals surface area contributed by atoms with Crippen molar-refractivity contribution in [2.75, 3.05) is 62.2 Å². The van der Waals surface area contributed by atoms with E-state index >= 15 is 0 Å². The third-order valence-corrected chi connectivity index (χ3v) is 2.58. The van der Waals surface area contributed by atoms with Crippen molar-refractivity contribution in [2.45, 2.75) is 0 Å². The van der Waals surface area contributed by atoms with Gasteiger partial charge in [-0.1, -0.05) is 0 Å². The Morgan fingerprint density at radius 2 is 1.50 bits per heavy atom. The molecule has 0 amide bonds. The highest BCUT2D eigenvalue weighted by atomic mass is 31.2. The van der Waals surface area contributed by atoms with Gasteiger partial charge < -0.3 is 13.9 Å². The molecular weight excluding hydrogens is 231 g/mol. The lowest BCUT2D eigenvalue weighted by Gasteiger charge is -2.26. The van der Waals surface area contributed by atoms with Crippen LogP contribution in [0.2, 0.25) is 0 Å². The van der Waals surface area contributed by atoms with E-state index in [-0.39, 0.29) is 13.3 Å². The SMILES string of the molecule is C[N+](C)(C)CCOP(=O)(O)OC[N+](C)(C)C. The van der Waals surface area contributed by atoms with Crippen LogP contribution >= 0.6 is 7.82 Å². The van der Waals surface area contributed by atoms with Crippen LogP contribution in [0.15, 0.2) is 0 Å². The standard InChI is InChI=1S/C9H24N2O4P/c1-10(2,3)7-8-14-16(12,13)15-9-11(4,5)6/h7-9H2,1-6H3/q+1/p+1. The predicted molar refractivity (Wildman–Crippen MR) is 62.7 cm³/mol. The first-order chi connectivity index (χ1) is 6.91. The Kier molecular flexibility index (Phi) is 5.59. The van der Waals surface area contributed by atoms with Gasteiger partial charge in [0.25, 0.3) is 0 Å². The third kappa shape index (κ3) is 10.5. The van der Waals surface area contributed by atoms with Gasteiger partial charge in [-0.2, -0.15) is 0 Å². The number of likely N-dealkylation sites (N-methyl/N-ethyl adjacent to an activating group) is 1. The van der Waals surface area contributed by atoms with Gasteiger partial charge in [0.05, 0.1) is 42.3 Å². The summed E-state index contributed by atoms with van der Waals surface area (Å²) in [5.74, 6) is 0. The fraction of sp³-hybridized carbons (Fsp3) is 1.00. The number of rotatable bonds is 7. The molecule has 98 valence electrons. The molecule has 0 rings (SSSR count). The summed E-state index contributed by atoms with van der Waals surface area (Å²) in [7, 11) is 7.65. The third-order valence-electron chi connectivity index (χ3n) is 1.62. The van der Waals surface area contributed by atoms with E-state index in [1.54, 1.807) is 0 Å². The molecule has 0 saturated carbocycles. The van der Waals surface area contributed by atoms with Crippen LogP contribution in [0.5, 0.6) is 0 Å². The van der Waals surface area contributed by atoms with Crippen molar-refractivity contribution in [1.82, 2.24) is 0 Å². The Bertz CT molecular complexity index is 257. The average molecular weight is 256 g/mol. The first-order valence-electron chi connectivity index (χ1n) is 5.14. The van der Waals surface area contributed by atoms with E-state index < -0.39 is 7.82 Å². The summed E-state index contributed by atoms with van der Waals surface area (Å²) in [6.07, 6.45) is 0. The van der Waals surface area contributed by atoms with Crippen molar-refractivity contribution < 1.29 is 27.5 Å². The number of quaternary nitrogens is 2. The molecule has 0 aromatic heterocycles. The minimum absolute atomic E-state index is 0.137. The molecule has 0 aromatic rings. The summed E-state index contributed by atoms with van der Waals surface area (Å²) in [5, 5.41) is 0. The van der Waals surface area contributed by atoms with Gasteiger partial charge in [-0.25, -0.2) is 9.09 Å². The van der Waals surface area contributed by atoms with Crippen molar-refractivity contribution in [3.63, 3.8) is 0 Å². The monoisotopic (exact) mass is 256 g/mol. The highest BCUT2D eigenvalue weighted by Gasteiger charge is 2.25. The smallest absolute Gasteiger partial charge is 0.329 e. The number of phosphoric ester groups is 1. The molecule has 1 atom stereocenters. The average Bonchev–Trinajstić information content (AvgIpc) is 1.97. The summed E-state index contributed by atoms with van der Waals surface area (Å²) in [4.78, 5) is 9.37. The van der Waals surface area contributed by atoms with Crippen molar-refractivity contribution >= 4 is 7.82 Å². The molecule has 1 N–H and O–H groups in total. The van der Waals surface area contributed by atoms with Gasteiger partial charge in [-0.15, -0.1) is 0 Å². The summed E-state index contributed by atoms with van der Waals surface area (Å²) in [6.45, 7) is 0.991. The zero-order valence-corrected chi connectivity index (χ0v) is 12.0. The maximum atomic E-state index is 11.4. The van der Waals surface area contributed by atoms with Crippen molar-refractivity contribution in [1.29, 1.82) is 0 Å². The van der Waals surface area contributed by atoms with E-state index in [0.29, 0.717) is 15.5 Å². The molecule has 7 heteroatoms. The number of nitrogens with zero attached hydrogens (tertiary/aromatic N) is 2. The molecule has 0 aliphatic heterocycles. The van der Waals surface area contributed by atoms with Crippen LogP contribution in [0.4, 0.5) is 0 Å². The maximum Gasteiger partial charge on any atom is 0.476 e. The Morgan fingerprint density at radius 3 is 1.88 bits per heavy atom. The largest absolute Gasteiger partial charge is 0.476 e. The summed E-state index contributed by atoms with van der Waals surface area (Å²) < 4.78 is 22.3. The number of hydrogen-bond donors (Lipinski definition) is 1. The van der Waals surface area contributed by atoms with Crippen molar-refractivity contribution in [3.8, 4) is 0 Å². The fourth-order valence-electron chi connectivity index (χ4n) is 0.713. The van der Waals surface area contributed by atoms with E-state index in [1.165, 1.54) is 0 Å². The first kappa shape index (κ1) is 16.0. The molecule has 0 heterocycles.